The molecule has 58 valence electrons. The van der Waals surface area contributed by atoms with E-state index in [-0.39, 0.29) is 0 Å². The Morgan fingerprint density at radius 2 is 2.36 bits per heavy atom. The van der Waals surface area contributed by atoms with E-state index in [4.69, 9.17) is 0 Å². The second-order valence-electron chi connectivity index (χ2n) is 4.23. The molecule has 1 nitrogen and oxygen atoms in total. The maximum Gasteiger partial charge on any atom is 0.155 e. The maximum absolute atomic E-state index is 11.1. The Kier molecular flexibility index (Phi) is 0.869. The Balaban J connectivity index is 2.06. The lowest BCUT2D eigenvalue weighted by Gasteiger charge is -2.19. The molecule has 0 aromatic carbocycles. The van der Waals surface area contributed by atoms with Crippen LogP contribution >= 0.6 is 0 Å². The van der Waals surface area contributed by atoms with Gasteiger partial charge in [0.05, 0.1) is 0 Å². The number of ketones is 1. The Morgan fingerprint density at radius 3 is 3.18 bits per heavy atom. The third-order valence-electron chi connectivity index (χ3n) is 3.79. The van der Waals surface area contributed by atoms with E-state index >= 15 is 0 Å². The molecule has 0 saturated heterocycles. The van der Waals surface area contributed by atoms with Crippen molar-refractivity contribution in [1.82, 2.24) is 0 Å². The number of hydrogen-bond acceptors (Lipinski definition) is 1. The van der Waals surface area contributed by atoms with Crippen molar-refractivity contribution in [2.24, 2.45) is 11.3 Å². The minimum atomic E-state index is 0.373. The highest BCUT2D eigenvalue weighted by atomic mass is 16.1. The molecule has 11 heavy (non-hydrogen) atoms. The summed E-state index contributed by atoms with van der Waals surface area (Å²) < 4.78 is 0. The highest BCUT2D eigenvalue weighted by molar-refractivity contribution is 5.92. The quantitative estimate of drug-likeness (QED) is 0.514. The molecule has 3 aliphatic rings. The predicted molar refractivity (Wildman–Crippen MR) is 42.1 cm³/mol. The number of rotatable bonds is 0. The van der Waals surface area contributed by atoms with Crippen LogP contribution < -0.4 is 0 Å². The highest BCUT2D eigenvalue weighted by Crippen LogP contribution is 2.69. The second kappa shape index (κ2) is 1.60. The minimum Gasteiger partial charge on any atom is -0.295 e. The van der Waals surface area contributed by atoms with Crippen molar-refractivity contribution in [3.8, 4) is 0 Å². The molecule has 0 aliphatic heterocycles. The zero-order chi connectivity index (χ0) is 7.47. The minimum absolute atomic E-state index is 0.373. The van der Waals surface area contributed by atoms with Gasteiger partial charge < -0.3 is 0 Å². The first-order chi connectivity index (χ1) is 5.31. The van der Waals surface area contributed by atoms with Crippen molar-refractivity contribution in [2.45, 2.75) is 32.1 Å². The Bertz CT molecular complexity index is 264. The molecule has 3 rings (SSSR count). The van der Waals surface area contributed by atoms with Gasteiger partial charge in [0.2, 0.25) is 0 Å². The summed E-state index contributed by atoms with van der Waals surface area (Å²) in [6, 6.07) is 0. The molecule has 2 unspecified atom stereocenters. The normalized spacial score (nSPS) is 46.4. The molecule has 3 aliphatic carbocycles. The van der Waals surface area contributed by atoms with Crippen LogP contribution in [0.2, 0.25) is 0 Å². The molecule has 0 aromatic rings. The van der Waals surface area contributed by atoms with Crippen molar-refractivity contribution in [3.05, 3.63) is 11.6 Å². The Hall–Kier alpha value is -0.590. The van der Waals surface area contributed by atoms with Gasteiger partial charge in [0, 0.05) is 6.42 Å². The summed E-state index contributed by atoms with van der Waals surface area (Å²) >= 11 is 0. The molecule has 2 fully saturated rings. The van der Waals surface area contributed by atoms with Crippen LogP contribution in [0.3, 0.4) is 0 Å². The van der Waals surface area contributed by atoms with Gasteiger partial charge in [-0.1, -0.05) is 5.57 Å². The Morgan fingerprint density at radius 1 is 1.45 bits per heavy atom. The number of carbonyl (C=O) groups is 1. The highest BCUT2D eigenvalue weighted by Gasteiger charge is 2.60. The fourth-order valence-electron chi connectivity index (χ4n) is 3.03. The average Bonchev–Trinajstić information content (AvgIpc) is 2.60. The number of carbonyl (C=O) groups excluding carboxylic acids is 1. The van der Waals surface area contributed by atoms with Crippen LogP contribution in [0, 0.1) is 11.3 Å². The monoisotopic (exact) mass is 148 g/mol. The lowest BCUT2D eigenvalue weighted by molar-refractivity contribution is -0.115. The van der Waals surface area contributed by atoms with E-state index in [0.717, 1.165) is 12.3 Å². The van der Waals surface area contributed by atoms with E-state index in [1.54, 1.807) is 0 Å². The molecule has 2 saturated carbocycles. The van der Waals surface area contributed by atoms with E-state index in [2.05, 4.69) is 0 Å². The van der Waals surface area contributed by atoms with Crippen molar-refractivity contribution in [3.63, 3.8) is 0 Å². The molecule has 2 atom stereocenters. The van der Waals surface area contributed by atoms with Gasteiger partial charge in [-0.15, -0.1) is 0 Å². The molecule has 1 spiro atoms. The van der Waals surface area contributed by atoms with E-state index in [9.17, 15) is 4.79 Å². The molecular weight excluding hydrogens is 136 g/mol. The SMILES string of the molecule is O=C1C=C2CCC3CC23CC1. The van der Waals surface area contributed by atoms with Crippen molar-refractivity contribution in [2.75, 3.05) is 0 Å². The van der Waals surface area contributed by atoms with Gasteiger partial charge in [-0.3, -0.25) is 4.79 Å². The number of hydrogen-bond donors (Lipinski definition) is 0. The second-order valence-corrected chi connectivity index (χ2v) is 4.23. The standard InChI is InChI=1S/C10H12O/c11-9-3-4-10-6-8(10)2-1-7(10)5-9/h5,8H,1-4,6H2. The third-order valence-corrected chi connectivity index (χ3v) is 3.79. The van der Waals surface area contributed by atoms with Crippen LogP contribution in [0.15, 0.2) is 11.6 Å². The molecular formula is C10H12O. The van der Waals surface area contributed by atoms with Crippen LogP contribution in [-0.2, 0) is 4.79 Å². The smallest absolute Gasteiger partial charge is 0.155 e. The largest absolute Gasteiger partial charge is 0.295 e. The lowest BCUT2D eigenvalue weighted by Crippen LogP contribution is -2.13. The van der Waals surface area contributed by atoms with Crippen LogP contribution in [0.25, 0.3) is 0 Å². The summed E-state index contributed by atoms with van der Waals surface area (Å²) in [5.41, 5.74) is 2.08. The van der Waals surface area contributed by atoms with Gasteiger partial charge in [-0.05, 0) is 43.1 Å². The van der Waals surface area contributed by atoms with Gasteiger partial charge in [0.25, 0.3) is 0 Å². The summed E-state index contributed by atoms with van der Waals surface area (Å²) in [5, 5.41) is 0. The van der Waals surface area contributed by atoms with E-state index in [1.165, 1.54) is 31.3 Å². The van der Waals surface area contributed by atoms with Crippen molar-refractivity contribution < 1.29 is 4.79 Å². The fraction of sp³-hybridized carbons (Fsp3) is 0.700. The lowest BCUT2D eigenvalue weighted by atomic mass is 9.85. The third kappa shape index (κ3) is 0.597. The van der Waals surface area contributed by atoms with Gasteiger partial charge >= 0.3 is 0 Å². The van der Waals surface area contributed by atoms with Crippen molar-refractivity contribution in [1.29, 1.82) is 0 Å². The van der Waals surface area contributed by atoms with E-state index in [0.29, 0.717) is 11.2 Å². The molecule has 1 heteroatoms. The average molecular weight is 148 g/mol. The molecule has 0 aromatic heterocycles. The zero-order valence-electron chi connectivity index (χ0n) is 6.60. The first-order valence-electron chi connectivity index (χ1n) is 4.55. The van der Waals surface area contributed by atoms with Gasteiger partial charge in [-0.25, -0.2) is 0 Å². The molecule has 0 amide bonds. The first kappa shape index (κ1) is 5.99. The number of allylic oxidation sites excluding steroid dienone is 2. The summed E-state index contributed by atoms with van der Waals surface area (Å²) in [7, 11) is 0. The molecule has 0 bridgehead atoms. The van der Waals surface area contributed by atoms with E-state index < -0.39 is 0 Å². The van der Waals surface area contributed by atoms with Gasteiger partial charge in [-0.2, -0.15) is 0 Å². The first-order valence-corrected chi connectivity index (χ1v) is 4.55. The summed E-state index contributed by atoms with van der Waals surface area (Å²) in [6.07, 6.45) is 7.90. The zero-order valence-corrected chi connectivity index (χ0v) is 6.60. The van der Waals surface area contributed by atoms with Crippen LogP contribution in [0.1, 0.15) is 32.1 Å². The molecule has 0 heterocycles. The molecule has 0 N–H and O–H groups in total. The summed E-state index contributed by atoms with van der Waals surface area (Å²) in [4.78, 5) is 11.1. The fourth-order valence-corrected chi connectivity index (χ4v) is 3.03. The summed E-state index contributed by atoms with van der Waals surface area (Å²) in [5.74, 6) is 1.35. The van der Waals surface area contributed by atoms with Crippen LogP contribution in [0.4, 0.5) is 0 Å². The van der Waals surface area contributed by atoms with Gasteiger partial charge in [0.1, 0.15) is 0 Å². The topological polar surface area (TPSA) is 17.1 Å². The van der Waals surface area contributed by atoms with Crippen LogP contribution in [-0.4, -0.2) is 5.78 Å². The molecule has 0 radical (unpaired) electrons. The predicted octanol–water partition coefficient (Wildman–Crippen LogP) is 2.08. The van der Waals surface area contributed by atoms with Crippen molar-refractivity contribution >= 4 is 5.78 Å². The van der Waals surface area contributed by atoms with E-state index in [1.807, 2.05) is 6.08 Å². The maximum atomic E-state index is 11.1. The van der Waals surface area contributed by atoms with Gasteiger partial charge in [0.15, 0.2) is 5.78 Å². The Labute approximate surface area is 66.5 Å². The summed E-state index contributed by atoms with van der Waals surface area (Å²) in [6.45, 7) is 0. The van der Waals surface area contributed by atoms with Crippen LogP contribution in [0.5, 0.6) is 0 Å².